The van der Waals surface area contributed by atoms with Gasteiger partial charge in [-0.1, -0.05) is 6.92 Å². The number of hydrogen-bond donors (Lipinski definition) is 1. The standard InChI is InChI=1S/C15H27N3S/c1-5-8-18-9-6-14(7-10-18)17-12(3)15-11(2)16-13(4)19-15/h12,14,17H,5-10H2,1-4H3. The SMILES string of the molecule is CCCN1CCC(NC(C)c2sc(C)nc2C)CC1. The van der Waals surface area contributed by atoms with Gasteiger partial charge in [-0.2, -0.15) is 0 Å². The summed E-state index contributed by atoms with van der Waals surface area (Å²) in [6, 6.07) is 1.11. The van der Waals surface area contributed by atoms with Crippen LogP contribution in [0.2, 0.25) is 0 Å². The zero-order chi connectivity index (χ0) is 13.8. The second kappa shape index (κ2) is 6.82. The summed E-state index contributed by atoms with van der Waals surface area (Å²) in [5, 5.41) is 4.98. The van der Waals surface area contributed by atoms with Crippen molar-refractivity contribution in [3.63, 3.8) is 0 Å². The summed E-state index contributed by atoms with van der Waals surface area (Å²) in [4.78, 5) is 8.53. The first-order valence-corrected chi connectivity index (χ1v) is 8.34. The molecular formula is C15H27N3S. The van der Waals surface area contributed by atoms with Crippen molar-refractivity contribution in [2.45, 2.75) is 59.0 Å². The van der Waals surface area contributed by atoms with Crippen molar-refractivity contribution in [3.05, 3.63) is 15.6 Å². The quantitative estimate of drug-likeness (QED) is 0.897. The molecule has 2 heterocycles. The molecule has 1 N–H and O–H groups in total. The molecule has 2 rings (SSSR count). The van der Waals surface area contributed by atoms with E-state index in [1.807, 2.05) is 11.3 Å². The number of rotatable bonds is 5. The average molecular weight is 281 g/mol. The topological polar surface area (TPSA) is 28.2 Å². The van der Waals surface area contributed by atoms with Crippen molar-refractivity contribution in [3.8, 4) is 0 Å². The third-order valence-corrected chi connectivity index (χ3v) is 5.20. The van der Waals surface area contributed by atoms with Crippen LogP contribution in [0.1, 0.15) is 54.7 Å². The van der Waals surface area contributed by atoms with Gasteiger partial charge >= 0.3 is 0 Å². The Kier molecular flexibility index (Phi) is 5.37. The van der Waals surface area contributed by atoms with Crippen LogP contribution in [-0.2, 0) is 0 Å². The molecule has 1 fully saturated rings. The van der Waals surface area contributed by atoms with E-state index in [2.05, 4.69) is 42.9 Å². The van der Waals surface area contributed by atoms with Gasteiger partial charge in [0.1, 0.15) is 0 Å². The van der Waals surface area contributed by atoms with E-state index in [0.29, 0.717) is 12.1 Å². The van der Waals surface area contributed by atoms with Gasteiger partial charge in [0, 0.05) is 17.0 Å². The highest BCUT2D eigenvalue weighted by Crippen LogP contribution is 2.25. The van der Waals surface area contributed by atoms with Crippen molar-refractivity contribution in [2.75, 3.05) is 19.6 Å². The maximum Gasteiger partial charge on any atom is 0.0900 e. The molecule has 1 aliphatic rings. The lowest BCUT2D eigenvalue weighted by molar-refractivity contribution is 0.192. The lowest BCUT2D eigenvalue weighted by atomic mass is 10.0. The summed E-state index contributed by atoms with van der Waals surface area (Å²) in [5.41, 5.74) is 1.20. The van der Waals surface area contributed by atoms with Crippen LogP contribution in [0.25, 0.3) is 0 Å². The fourth-order valence-electron chi connectivity index (χ4n) is 3.02. The second-order valence-corrected chi connectivity index (χ2v) is 6.92. The highest BCUT2D eigenvalue weighted by molar-refractivity contribution is 7.11. The van der Waals surface area contributed by atoms with E-state index >= 15 is 0 Å². The van der Waals surface area contributed by atoms with Gasteiger partial charge in [0.05, 0.1) is 10.7 Å². The molecule has 1 aromatic heterocycles. The lowest BCUT2D eigenvalue weighted by Gasteiger charge is -2.33. The highest BCUT2D eigenvalue weighted by Gasteiger charge is 2.21. The van der Waals surface area contributed by atoms with Gasteiger partial charge in [0.15, 0.2) is 0 Å². The molecule has 1 aromatic rings. The zero-order valence-corrected chi connectivity index (χ0v) is 13.5. The third kappa shape index (κ3) is 4.01. The lowest BCUT2D eigenvalue weighted by Crippen LogP contribution is -2.43. The van der Waals surface area contributed by atoms with Crippen LogP contribution in [0, 0.1) is 13.8 Å². The van der Waals surface area contributed by atoms with E-state index in [4.69, 9.17) is 0 Å². The minimum Gasteiger partial charge on any atom is -0.307 e. The zero-order valence-electron chi connectivity index (χ0n) is 12.7. The molecule has 0 bridgehead atoms. The van der Waals surface area contributed by atoms with Crippen molar-refractivity contribution in [1.82, 2.24) is 15.2 Å². The minimum absolute atomic E-state index is 0.439. The van der Waals surface area contributed by atoms with Gasteiger partial charge in [-0.15, -0.1) is 11.3 Å². The normalized spacial score (nSPS) is 19.8. The summed E-state index contributed by atoms with van der Waals surface area (Å²) in [5.74, 6) is 0. The summed E-state index contributed by atoms with van der Waals surface area (Å²) in [7, 11) is 0. The maximum atomic E-state index is 4.53. The Bertz CT molecular complexity index is 394. The predicted octanol–water partition coefficient (Wildman–Crippen LogP) is 3.28. The Morgan fingerprint density at radius 2 is 2.05 bits per heavy atom. The van der Waals surface area contributed by atoms with Gasteiger partial charge in [-0.3, -0.25) is 0 Å². The minimum atomic E-state index is 0.439. The van der Waals surface area contributed by atoms with Crippen molar-refractivity contribution in [2.24, 2.45) is 0 Å². The van der Waals surface area contributed by atoms with E-state index in [0.717, 1.165) is 0 Å². The molecule has 0 radical (unpaired) electrons. The second-order valence-electron chi connectivity index (χ2n) is 5.69. The van der Waals surface area contributed by atoms with Crippen molar-refractivity contribution >= 4 is 11.3 Å². The highest BCUT2D eigenvalue weighted by atomic mass is 32.1. The third-order valence-electron chi connectivity index (χ3n) is 3.95. The van der Waals surface area contributed by atoms with E-state index in [1.54, 1.807) is 0 Å². The Labute approximate surface area is 121 Å². The Morgan fingerprint density at radius 1 is 1.37 bits per heavy atom. The van der Waals surface area contributed by atoms with E-state index in [1.165, 1.54) is 54.5 Å². The molecule has 108 valence electrons. The van der Waals surface area contributed by atoms with Gasteiger partial charge in [0.2, 0.25) is 0 Å². The smallest absolute Gasteiger partial charge is 0.0900 e. The van der Waals surface area contributed by atoms with Crippen LogP contribution in [0.3, 0.4) is 0 Å². The first-order chi connectivity index (χ1) is 9.10. The summed E-state index contributed by atoms with van der Waals surface area (Å²) in [6.45, 7) is 12.5. The molecule has 0 saturated carbocycles. The average Bonchev–Trinajstić information content (AvgIpc) is 2.71. The van der Waals surface area contributed by atoms with Crippen LogP contribution in [-0.4, -0.2) is 35.6 Å². The largest absolute Gasteiger partial charge is 0.307 e. The maximum absolute atomic E-state index is 4.53. The number of hydrogen-bond acceptors (Lipinski definition) is 4. The molecule has 1 aliphatic heterocycles. The van der Waals surface area contributed by atoms with Gasteiger partial charge in [-0.05, 0) is 59.7 Å². The summed E-state index contributed by atoms with van der Waals surface area (Å²) >= 11 is 1.84. The van der Waals surface area contributed by atoms with E-state index < -0.39 is 0 Å². The Hall–Kier alpha value is -0.450. The molecule has 0 aliphatic carbocycles. The van der Waals surface area contributed by atoms with Crippen LogP contribution in [0.4, 0.5) is 0 Å². The fraction of sp³-hybridized carbons (Fsp3) is 0.800. The number of likely N-dealkylation sites (tertiary alicyclic amines) is 1. The summed E-state index contributed by atoms with van der Waals surface area (Å²) < 4.78 is 0. The van der Waals surface area contributed by atoms with Crippen LogP contribution >= 0.6 is 11.3 Å². The Morgan fingerprint density at radius 3 is 2.58 bits per heavy atom. The molecule has 19 heavy (non-hydrogen) atoms. The number of nitrogens with one attached hydrogen (secondary N) is 1. The number of piperidine rings is 1. The van der Waals surface area contributed by atoms with Crippen LogP contribution < -0.4 is 5.32 Å². The predicted molar refractivity (Wildman–Crippen MR) is 82.9 cm³/mol. The molecule has 1 unspecified atom stereocenters. The van der Waals surface area contributed by atoms with Crippen molar-refractivity contribution in [1.29, 1.82) is 0 Å². The molecule has 0 aromatic carbocycles. The van der Waals surface area contributed by atoms with Gasteiger partial charge < -0.3 is 10.2 Å². The van der Waals surface area contributed by atoms with Crippen molar-refractivity contribution < 1.29 is 0 Å². The van der Waals surface area contributed by atoms with Crippen LogP contribution in [0.5, 0.6) is 0 Å². The van der Waals surface area contributed by atoms with E-state index in [-0.39, 0.29) is 0 Å². The van der Waals surface area contributed by atoms with Crippen LogP contribution in [0.15, 0.2) is 0 Å². The summed E-state index contributed by atoms with van der Waals surface area (Å²) in [6.07, 6.45) is 3.83. The molecular weight excluding hydrogens is 254 g/mol. The van der Waals surface area contributed by atoms with Gasteiger partial charge in [-0.25, -0.2) is 4.98 Å². The molecule has 4 heteroatoms. The molecule has 3 nitrogen and oxygen atoms in total. The number of thiazole rings is 1. The fourth-order valence-corrected chi connectivity index (χ4v) is 3.96. The first kappa shape index (κ1) is 14.9. The number of aryl methyl sites for hydroxylation is 2. The molecule has 0 amide bonds. The molecule has 0 spiro atoms. The van der Waals surface area contributed by atoms with E-state index in [9.17, 15) is 0 Å². The van der Waals surface area contributed by atoms with Gasteiger partial charge in [0.25, 0.3) is 0 Å². The number of aromatic nitrogens is 1. The number of nitrogens with zero attached hydrogens (tertiary/aromatic N) is 2. The Balaban J connectivity index is 1.84. The molecule has 1 atom stereocenters. The first-order valence-electron chi connectivity index (χ1n) is 7.52. The molecule has 1 saturated heterocycles. The monoisotopic (exact) mass is 281 g/mol.